The number of carbonyl (C=O) groups is 1. The van der Waals surface area contributed by atoms with Gasteiger partial charge in [-0.15, -0.1) is 0 Å². The van der Waals surface area contributed by atoms with Crippen LogP contribution >= 0.6 is 0 Å². The van der Waals surface area contributed by atoms with Crippen LogP contribution in [0.15, 0.2) is 24.3 Å². The monoisotopic (exact) mass is 235 g/mol. The Hall–Kier alpha value is -1.59. The van der Waals surface area contributed by atoms with Crippen molar-refractivity contribution < 1.29 is 9.53 Å². The molecule has 1 aromatic carbocycles. The van der Waals surface area contributed by atoms with E-state index in [1.165, 1.54) is 0 Å². The highest BCUT2D eigenvalue weighted by molar-refractivity contribution is 5.89. The van der Waals surface area contributed by atoms with Gasteiger partial charge < -0.3 is 21.9 Å². The van der Waals surface area contributed by atoms with Crippen LogP contribution in [0.1, 0.15) is 23.2 Å². The van der Waals surface area contributed by atoms with E-state index in [1.807, 2.05) is 0 Å². The van der Waals surface area contributed by atoms with E-state index < -0.39 is 0 Å². The van der Waals surface area contributed by atoms with Gasteiger partial charge >= 0.3 is 5.97 Å². The molecule has 0 aromatic heterocycles. The maximum Gasteiger partial charge on any atom is 0.338 e. The molecule has 2 rings (SSSR count). The summed E-state index contributed by atoms with van der Waals surface area (Å²) in [6, 6.07) is 6.46. The summed E-state index contributed by atoms with van der Waals surface area (Å²) in [6.07, 6.45) is 1.04. The molecular weight excluding hydrogens is 218 g/mol. The lowest BCUT2D eigenvalue weighted by molar-refractivity contribution is 0.0281. The van der Waals surface area contributed by atoms with Crippen molar-refractivity contribution in [1.82, 2.24) is 0 Å². The summed E-state index contributed by atoms with van der Waals surface area (Å²) in [5.74, 6) is -0.375. The predicted molar refractivity (Wildman–Crippen MR) is 65.2 cm³/mol. The van der Waals surface area contributed by atoms with E-state index in [0.29, 0.717) is 24.1 Å². The molecule has 0 saturated heterocycles. The van der Waals surface area contributed by atoms with Gasteiger partial charge in [0, 0.05) is 24.2 Å². The Labute approximate surface area is 99.9 Å². The molecule has 0 amide bonds. The summed E-state index contributed by atoms with van der Waals surface area (Å²) < 4.78 is 5.34. The zero-order valence-corrected chi connectivity index (χ0v) is 9.50. The highest BCUT2D eigenvalue weighted by Gasteiger charge is 2.32. The number of anilines is 1. The summed E-state index contributed by atoms with van der Waals surface area (Å²) in [5, 5.41) is 0. The zero-order valence-electron chi connectivity index (χ0n) is 9.50. The fourth-order valence-electron chi connectivity index (χ4n) is 2.03. The predicted octanol–water partition coefficient (Wildman–Crippen LogP) is 0.243. The van der Waals surface area contributed by atoms with Crippen LogP contribution in [0.5, 0.6) is 0 Å². The molecule has 0 unspecified atom stereocenters. The van der Waals surface area contributed by atoms with Crippen LogP contribution in [-0.4, -0.2) is 24.2 Å². The lowest BCUT2D eigenvalue weighted by atomic mass is 10.2. The second-order valence-electron chi connectivity index (χ2n) is 4.46. The van der Waals surface area contributed by atoms with Crippen LogP contribution in [0.25, 0.3) is 0 Å². The van der Waals surface area contributed by atoms with Crippen molar-refractivity contribution >= 4 is 11.7 Å². The molecule has 0 radical (unpaired) electrons. The molecule has 0 aliphatic heterocycles. The van der Waals surface area contributed by atoms with Gasteiger partial charge in [0.15, 0.2) is 0 Å². The van der Waals surface area contributed by atoms with Crippen molar-refractivity contribution in [1.29, 1.82) is 0 Å². The molecule has 0 heterocycles. The Morgan fingerprint density at radius 1 is 1.18 bits per heavy atom. The molecule has 1 aliphatic carbocycles. The second-order valence-corrected chi connectivity index (χ2v) is 4.46. The SMILES string of the molecule is Nc1ccc(C(=O)O[C@@H]2C[C@@H](N)C[C@H]2N)cc1. The number of hydrogen-bond donors (Lipinski definition) is 3. The Kier molecular flexibility index (Phi) is 3.31. The topological polar surface area (TPSA) is 104 Å². The van der Waals surface area contributed by atoms with E-state index in [0.717, 1.165) is 0 Å². The van der Waals surface area contributed by atoms with E-state index in [-0.39, 0.29) is 24.2 Å². The van der Waals surface area contributed by atoms with E-state index in [1.54, 1.807) is 24.3 Å². The first-order valence-electron chi connectivity index (χ1n) is 5.64. The van der Waals surface area contributed by atoms with Crippen LogP contribution in [0, 0.1) is 0 Å². The van der Waals surface area contributed by atoms with Crippen molar-refractivity contribution in [2.24, 2.45) is 11.5 Å². The summed E-state index contributed by atoms with van der Waals surface area (Å²) in [7, 11) is 0. The number of rotatable bonds is 2. The van der Waals surface area contributed by atoms with E-state index in [4.69, 9.17) is 21.9 Å². The molecule has 1 fully saturated rings. The number of carbonyl (C=O) groups excluding carboxylic acids is 1. The average molecular weight is 235 g/mol. The van der Waals surface area contributed by atoms with Gasteiger partial charge in [-0.25, -0.2) is 4.79 Å². The largest absolute Gasteiger partial charge is 0.457 e. The summed E-state index contributed by atoms with van der Waals surface area (Å²) in [6.45, 7) is 0. The highest BCUT2D eigenvalue weighted by Crippen LogP contribution is 2.21. The normalized spacial score (nSPS) is 28.0. The maximum atomic E-state index is 11.8. The van der Waals surface area contributed by atoms with Gasteiger partial charge in [-0.05, 0) is 30.7 Å². The molecular formula is C12H17N3O2. The Morgan fingerprint density at radius 3 is 2.35 bits per heavy atom. The van der Waals surface area contributed by atoms with Gasteiger partial charge in [0.2, 0.25) is 0 Å². The summed E-state index contributed by atoms with van der Waals surface area (Å²) >= 11 is 0. The van der Waals surface area contributed by atoms with Crippen LogP contribution in [0.2, 0.25) is 0 Å². The van der Waals surface area contributed by atoms with Crippen LogP contribution in [0.4, 0.5) is 5.69 Å². The van der Waals surface area contributed by atoms with E-state index >= 15 is 0 Å². The molecule has 0 spiro atoms. The van der Waals surface area contributed by atoms with Crippen molar-refractivity contribution in [3.05, 3.63) is 29.8 Å². The number of benzene rings is 1. The Balaban J connectivity index is 2.00. The molecule has 0 bridgehead atoms. The average Bonchev–Trinajstić information content (AvgIpc) is 2.58. The van der Waals surface area contributed by atoms with Crippen LogP contribution in [0.3, 0.4) is 0 Å². The number of hydrogen-bond acceptors (Lipinski definition) is 5. The molecule has 1 saturated carbocycles. The van der Waals surface area contributed by atoms with Crippen LogP contribution in [-0.2, 0) is 4.74 Å². The quantitative estimate of drug-likeness (QED) is 0.503. The van der Waals surface area contributed by atoms with Crippen LogP contribution < -0.4 is 17.2 Å². The minimum Gasteiger partial charge on any atom is -0.457 e. The third-order valence-corrected chi connectivity index (χ3v) is 2.99. The minimum atomic E-state index is -0.375. The number of esters is 1. The first-order valence-corrected chi connectivity index (χ1v) is 5.64. The molecule has 1 aliphatic rings. The van der Waals surface area contributed by atoms with E-state index in [2.05, 4.69) is 0 Å². The lowest BCUT2D eigenvalue weighted by Gasteiger charge is -2.16. The molecule has 3 atom stereocenters. The standard InChI is InChI=1S/C12H17N3O2/c13-8-3-1-7(2-4-8)12(16)17-11-6-9(14)5-10(11)15/h1-4,9-11H,5-6,13-15H2/t9-,10+,11+/m0/s1. The maximum absolute atomic E-state index is 11.8. The number of nitrogen functional groups attached to an aromatic ring is 1. The molecule has 5 nitrogen and oxygen atoms in total. The lowest BCUT2D eigenvalue weighted by Crippen LogP contribution is -2.33. The third kappa shape index (κ3) is 2.75. The first kappa shape index (κ1) is 11.9. The van der Waals surface area contributed by atoms with Gasteiger partial charge in [0.25, 0.3) is 0 Å². The van der Waals surface area contributed by atoms with Gasteiger partial charge in [0.1, 0.15) is 6.10 Å². The van der Waals surface area contributed by atoms with Gasteiger partial charge in [-0.3, -0.25) is 0 Å². The number of ether oxygens (including phenoxy) is 1. The van der Waals surface area contributed by atoms with Crippen molar-refractivity contribution in [3.63, 3.8) is 0 Å². The van der Waals surface area contributed by atoms with Gasteiger partial charge in [0.05, 0.1) is 5.56 Å². The molecule has 1 aromatic rings. The fourth-order valence-corrected chi connectivity index (χ4v) is 2.03. The van der Waals surface area contributed by atoms with Crippen molar-refractivity contribution in [3.8, 4) is 0 Å². The fraction of sp³-hybridized carbons (Fsp3) is 0.417. The highest BCUT2D eigenvalue weighted by atomic mass is 16.5. The first-order chi connectivity index (χ1) is 8.06. The zero-order chi connectivity index (χ0) is 12.4. The Bertz CT molecular complexity index is 405. The Morgan fingerprint density at radius 2 is 1.82 bits per heavy atom. The van der Waals surface area contributed by atoms with Gasteiger partial charge in [-0.1, -0.05) is 0 Å². The third-order valence-electron chi connectivity index (χ3n) is 2.99. The van der Waals surface area contributed by atoms with Gasteiger partial charge in [-0.2, -0.15) is 0 Å². The van der Waals surface area contributed by atoms with E-state index in [9.17, 15) is 4.79 Å². The summed E-state index contributed by atoms with van der Waals surface area (Å²) in [4.78, 5) is 11.8. The summed E-state index contributed by atoms with van der Waals surface area (Å²) in [5.41, 5.74) is 18.2. The van der Waals surface area contributed by atoms with Crippen molar-refractivity contribution in [2.45, 2.75) is 31.0 Å². The molecule has 6 N–H and O–H groups in total. The smallest absolute Gasteiger partial charge is 0.338 e. The van der Waals surface area contributed by atoms with Crippen molar-refractivity contribution in [2.75, 3.05) is 5.73 Å². The minimum absolute atomic E-state index is 0.0224. The second kappa shape index (κ2) is 4.73. The molecule has 17 heavy (non-hydrogen) atoms. The number of nitrogens with two attached hydrogens (primary N) is 3. The molecule has 92 valence electrons. The molecule has 5 heteroatoms.